The van der Waals surface area contributed by atoms with Crippen LogP contribution in [0.4, 0.5) is 0 Å². The van der Waals surface area contributed by atoms with Crippen molar-refractivity contribution in [1.82, 2.24) is 10.6 Å². The van der Waals surface area contributed by atoms with E-state index in [2.05, 4.69) is 21.7 Å². The highest BCUT2D eigenvalue weighted by Gasteiger charge is 2.65. The van der Waals surface area contributed by atoms with Crippen molar-refractivity contribution in [3.63, 3.8) is 0 Å². The van der Waals surface area contributed by atoms with Crippen LogP contribution >= 0.6 is 24.0 Å². The van der Waals surface area contributed by atoms with Crippen molar-refractivity contribution >= 4 is 29.9 Å². The van der Waals surface area contributed by atoms with Crippen LogP contribution in [0.25, 0.3) is 0 Å². The van der Waals surface area contributed by atoms with Crippen LogP contribution in [0.2, 0.25) is 0 Å². The van der Waals surface area contributed by atoms with Crippen LogP contribution in [0.3, 0.4) is 0 Å². The van der Waals surface area contributed by atoms with Crippen molar-refractivity contribution in [2.75, 3.05) is 13.7 Å². The fraction of sp³-hybridized carbons (Fsp3) is 0.889. The number of ether oxygens (including phenoxy) is 1. The quantitative estimate of drug-likeness (QED) is 0.391. The van der Waals surface area contributed by atoms with Gasteiger partial charge in [0.2, 0.25) is 0 Å². The molecule has 1 aliphatic heterocycles. The molecule has 0 radical (unpaired) electrons. The Morgan fingerprint density at radius 1 is 1.17 bits per heavy atom. The zero-order valence-corrected chi connectivity index (χ0v) is 16.8. The monoisotopic (exact) mass is 444 g/mol. The average molecular weight is 444 g/mol. The fourth-order valence-corrected chi connectivity index (χ4v) is 5.69. The van der Waals surface area contributed by atoms with Crippen molar-refractivity contribution in [2.24, 2.45) is 22.2 Å². The molecule has 3 aliphatic carbocycles. The first-order chi connectivity index (χ1) is 11.3. The van der Waals surface area contributed by atoms with Crippen molar-refractivity contribution in [3.8, 4) is 6.07 Å². The minimum atomic E-state index is 0. The fourth-order valence-electron chi connectivity index (χ4n) is 5.69. The zero-order chi connectivity index (χ0) is 15.9. The van der Waals surface area contributed by atoms with E-state index in [0.717, 1.165) is 31.8 Å². The molecule has 1 heterocycles. The molecule has 0 aromatic carbocycles. The molecule has 1 saturated heterocycles. The van der Waals surface area contributed by atoms with E-state index in [1.807, 2.05) is 7.05 Å². The molecule has 0 amide bonds. The van der Waals surface area contributed by atoms with Crippen LogP contribution in [-0.4, -0.2) is 37.8 Å². The molecule has 5 atom stereocenters. The Kier molecular flexibility index (Phi) is 5.60. The van der Waals surface area contributed by atoms with E-state index in [-0.39, 0.29) is 35.9 Å². The second-order valence-electron chi connectivity index (χ2n) is 7.80. The Morgan fingerprint density at radius 3 is 2.67 bits per heavy atom. The minimum Gasteiger partial charge on any atom is -0.377 e. The molecule has 4 aliphatic rings. The second-order valence-corrected chi connectivity index (χ2v) is 7.80. The van der Waals surface area contributed by atoms with Crippen molar-refractivity contribution < 1.29 is 4.74 Å². The lowest BCUT2D eigenvalue weighted by molar-refractivity contribution is -0.125. The maximum Gasteiger partial charge on any atom is 0.191 e. The van der Waals surface area contributed by atoms with Crippen molar-refractivity contribution in [3.05, 3.63) is 0 Å². The summed E-state index contributed by atoms with van der Waals surface area (Å²) in [5.74, 6) is 1.65. The van der Waals surface area contributed by atoms with Gasteiger partial charge in [0.1, 0.15) is 0 Å². The lowest BCUT2D eigenvalue weighted by Crippen LogP contribution is -2.69. The summed E-state index contributed by atoms with van der Waals surface area (Å²) in [6, 6.07) is 3.19. The average Bonchev–Trinajstić information content (AvgIpc) is 3.29. The van der Waals surface area contributed by atoms with Crippen molar-refractivity contribution in [1.29, 1.82) is 5.26 Å². The van der Waals surface area contributed by atoms with Gasteiger partial charge in [-0.15, -0.1) is 24.0 Å². The number of nitriles is 1. The number of nitrogens with one attached hydrogen (secondary N) is 2. The molecule has 24 heavy (non-hydrogen) atoms. The summed E-state index contributed by atoms with van der Waals surface area (Å²) in [4.78, 5) is 4.46. The van der Waals surface area contributed by atoms with E-state index in [0.29, 0.717) is 23.5 Å². The van der Waals surface area contributed by atoms with Crippen LogP contribution in [0.1, 0.15) is 51.4 Å². The summed E-state index contributed by atoms with van der Waals surface area (Å²) in [6.45, 7) is 0.917. The first kappa shape index (κ1) is 18.2. The van der Waals surface area contributed by atoms with Gasteiger partial charge in [0.05, 0.1) is 18.1 Å². The van der Waals surface area contributed by atoms with Gasteiger partial charge in [0.15, 0.2) is 5.96 Å². The number of hydrogen-bond acceptors (Lipinski definition) is 3. The molecule has 134 valence electrons. The summed E-state index contributed by atoms with van der Waals surface area (Å²) in [5, 5.41) is 16.5. The van der Waals surface area contributed by atoms with Gasteiger partial charge in [-0.25, -0.2) is 0 Å². The highest BCUT2D eigenvalue weighted by atomic mass is 127. The molecular formula is C18H29IN4O. The molecule has 5 unspecified atom stereocenters. The van der Waals surface area contributed by atoms with Gasteiger partial charge in [-0.2, -0.15) is 5.26 Å². The zero-order valence-electron chi connectivity index (χ0n) is 14.5. The first-order valence-electron chi connectivity index (χ1n) is 9.29. The number of rotatable bonds is 2. The van der Waals surface area contributed by atoms with Gasteiger partial charge in [0.25, 0.3) is 0 Å². The molecular weight excluding hydrogens is 415 g/mol. The summed E-state index contributed by atoms with van der Waals surface area (Å²) >= 11 is 0. The van der Waals surface area contributed by atoms with Crippen molar-refractivity contribution in [2.45, 2.75) is 69.6 Å². The third-order valence-electron chi connectivity index (χ3n) is 6.81. The SMILES string of the molecule is CN=C(NC1CCCC1C#N)NC1C2CCOC2C12CCCC2.I. The lowest BCUT2D eigenvalue weighted by atomic mass is 9.54. The Labute approximate surface area is 162 Å². The Morgan fingerprint density at radius 2 is 1.96 bits per heavy atom. The van der Waals surface area contributed by atoms with Crippen LogP contribution in [0.15, 0.2) is 4.99 Å². The molecule has 1 spiro atoms. The molecule has 5 nitrogen and oxygen atoms in total. The van der Waals surface area contributed by atoms with Gasteiger partial charge in [-0.05, 0) is 38.5 Å². The number of halogens is 1. The van der Waals surface area contributed by atoms with Gasteiger partial charge in [-0.3, -0.25) is 4.99 Å². The number of aliphatic imine (C=N–C) groups is 1. The van der Waals surface area contributed by atoms with Crippen LogP contribution in [-0.2, 0) is 4.74 Å². The van der Waals surface area contributed by atoms with Gasteiger partial charge in [0, 0.05) is 37.1 Å². The van der Waals surface area contributed by atoms with Gasteiger partial charge >= 0.3 is 0 Å². The highest BCUT2D eigenvalue weighted by Crippen LogP contribution is 2.60. The topological polar surface area (TPSA) is 69.4 Å². The van der Waals surface area contributed by atoms with Crippen LogP contribution in [0, 0.1) is 28.6 Å². The number of guanidine groups is 1. The lowest BCUT2D eigenvalue weighted by Gasteiger charge is -2.57. The summed E-state index contributed by atoms with van der Waals surface area (Å²) in [7, 11) is 1.84. The summed E-state index contributed by atoms with van der Waals surface area (Å²) in [6.07, 6.45) is 10.1. The normalized spacial score (nSPS) is 39.7. The maximum absolute atomic E-state index is 9.29. The molecule has 2 N–H and O–H groups in total. The molecule has 4 fully saturated rings. The molecule has 3 saturated carbocycles. The Balaban J connectivity index is 0.00000169. The predicted octanol–water partition coefficient (Wildman–Crippen LogP) is 2.81. The maximum atomic E-state index is 9.29. The Hall–Kier alpha value is -0.550. The van der Waals surface area contributed by atoms with Gasteiger partial charge < -0.3 is 15.4 Å². The van der Waals surface area contributed by atoms with Crippen LogP contribution < -0.4 is 10.6 Å². The smallest absolute Gasteiger partial charge is 0.191 e. The first-order valence-corrected chi connectivity index (χ1v) is 9.29. The summed E-state index contributed by atoms with van der Waals surface area (Å²) in [5.41, 5.74) is 0.336. The molecule has 0 aromatic rings. The van der Waals surface area contributed by atoms with E-state index in [1.54, 1.807) is 0 Å². The largest absolute Gasteiger partial charge is 0.377 e. The minimum absolute atomic E-state index is 0. The number of hydrogen-bond donors (Lipinski definition) is 2. The molecule has 0 aromatic heterocycles. The van der Waals surface area contributed by atoms with E-state index >= 15 is 0 Å². The molecule has 0 bridgehead atoms. The summed E-state index contributed by atoms with van der Waals surface area (Å²) < 4.78 is 6.06. The van der Waals surface area contributed by atoms with E-state index in [1.165, 1.54) is 32.1 Å². The van der Waals surface area contributed by atoms with Gasteiger partial charge in [-0.1, -0.05) is 12.8 Å². The molecule has 4 rings (SSSR count). The standard InChI is InChI=1S/C18H28N4O.HI/c1-20-17(21-14-6-4-5-12(14)11-19)22-15-13-7-10-23-16(13)18(15)8-2-3-9-18;/h12-16H,2-10H2,1H3,(H2,20,21,22);1H. The number of fused-ring (bicyclic) bond motifs is 2. The third-order valence-corrected chi connectivity index (χ3v) is 6.81. The van der Waals surface area contributed by atoms with Crippen LogP contribution in [0.5, 0.6) is 0 Å². The number of nitrogens with zero attached hydrogens (tertiary/aromatic N) is 2. The van der Waals surface area contributed by atoms with E-state index in [9.17, 15) is 5.26 Å². The van der Waals surface area contributed by atoms with E-state index in [4.69, 9.17) is 4.74 Å². The third kappa shape index (κ3) is 2.82. The highest BCUT2D eigenvalue weighted by molar-refractivity contribution is 14.0. The second kappa shape index (κ2) is 7.36. The molecule has 6 heteroatoms. The Bertz CT molecular complexity index is 526. The predicted molar refractivity (Wildman–Crippen MR) is 104 cm³/mol. The van der Waals surface area contributed by atoms with E-state index < -0.39 is 0 Å².